The zero-order valence-corrected chi connectivity index (χ0v) is 19.5. The van der Waals surface area contributed by atoms with Crippen molar-refractivity contribution in [3.05, 3.63) is 0 Å². The van der Waals surface area contributed by atoms with E-state index in [9.17, 15) is 0 Å². The fourth-order valence-electron chi connectivity index (χ4n) is 8.48. The Balaban J connectivity index is 1.22. The van der Waals surface area contributed by atoms with E-state index in [0.29, 0.717) is 0 Å². The molecule has 0 aromatic carbocycles. The van der Waals surface area contributed by atoms with Crippen LogP contribution < -0.4 is 0 Å². The molecular weight excluding hydrogens is 336 g/mol. The highest BCUT2D eigenvalue weighted by Gasteiger charge is 2.51. The number of hydrogen-bond donors (Lipinski definition) is 0. The molecule has 0 spiro atoms. The van der Waals surface area contributed by atoms with Crippen LogP contribution in [0.2, 0.25) is 0 Å². The molecule has 5 fully saturated rings. The molecule has 0 atom stereocenters. The van der Waals surface area contributed by atoms with Crippen LogP contribution in [0, 0.1) is 34.5 Å². The predicted octanol–water partition coefficient (Wildman–Crippen LogP) is 9.32. The fraction of sp³-hybridized carbons (Fsp3) is 1.00. The summed E-state index contributed by atoms with van der Waals surface area (Å²) in [4.78, 5) is 0. The SMILES string of the molecule is CCCCC12CCC(C3CCC([C@H]4CC[C@H](CCCC)CC4)CC3)(CC1)CC2. The molecule has 5 saturated carbocycles. The first-order chi connectivity index (χ1) is 13.7. The normalized spacial score (nSPS) is 43.9. The third-order valence-electron chi connectivity index (χ3n) is 10.7. The summed E-state index contributed by atoms with van der Waals surface area (Å²) in [6.07, 6.45) is 31.1. The Morgan fingerprint density at radius 2 is 1.14 bits per heavy atom. The number of rotatable bonds is 8. The Bertz CT molecular complexity index is 436. The minimum Gasteiger partial charge on any atom is -0.0654 e. The van der Waals surface area contributed by atoms with Gasteiger partial charge in [0, 0.05) is 0 Å². The molecule has 28 heavy (non-hydrogen) atoms. The lowest BCUT2D eigenvalue weighted by Crippen LogP contribution is -2.46. The highest BCUT2D eigenvalue weighted by Crippen LogP contribution is 2.63. The van der Waals surface area contributed by atoms with Gasteiger partial charge in [-0.2, -0.15) is 0 Å². The first kappa shape index (κ1) is 21.2. The maximum Gasteiger partial charge on any atom is -0.0269 e. The van der Waals surface area contributed by atoms with Crippen LogP contribution in [0.15, 0.2) is 0 Å². The summed E-state index contributed by atoms with van der Waals surface area (Å²) in [5.74, 6) is 4.41. The molecule has 0 unspecified atom stereocenters. The van der Waals surface area contributed by atoms with E-state index in [4.69, 9.17) is 0 Å². The van der Waals surface area contributed by atoms with E-state index in [1.54, 1.807) is 96.3 Å². The molecular formula is C28H50. The van der Waals surface area contributed by atoms with Gasteiger partial charge in [0.05, 0.1) is 0 Å². The van der Waals surface area contributed by atoms with Crippen LogP contribution in [0.5, 0.6) is 0 Å². The minimum atomic E-state index is 0.797. The van der Waals surface area contributed by atoms with E-state index in [1.807, 2.05) is 0 Å². The minimum absolute atomic E-state index is 0.797. The van der Waals surface area contributed by atoms with Gasteiger partial charge in [0.1, 0.15) is 0 Å². The van der Waals surface area contributed by atoms with Gasteiger partial charge in [-0.05, 0) is 118 Å². The highest BCUT2D eigenvalue weighted by atomic mass is 14.6. The molecule has 0 nitrogen and oxygen atoms in total. The average Bonchev–Trinajstić information content (AvgIpc) is 2.78. The topological polar surface area (TPSA) is 0 Å². The van der Waals surface area contributed by atoms with Crippen molar-refractivity contribution >= 4 is 0 Å². The summed E-state index contributed by atoms with van der Waals surface area (Å²) >= 11 is 0. The Labute approximate surface area is 177 Å². The van der Waals surface area contributed by atoms with Crippen molar-refractivity contribution in [1.29, 1.82) is 0 Å². The third kappa shape index (κ3) is 4.51. The number of fused-ring (bicyclic) bond motifs is 3. The van der Waals surface area contributed by atoms with Crippen LogP contribution in [-0.2, 0) is 0 Å². The van der Waals surface area contributed by atoms with Crippen LogP contribution in [-0.4, -0.2) is 0 Å². The Kier molecular flexibility index (Phi) is 7.15. The largest absolute Gasteiger partial charge is 0.0654 e. The van der Waals surface area contributed by atoms with Crippen LogP contribution in [0.3, 0.4) is 0 Å². The molecule has 0 aromatic rings. The maximum atomic E-state index is 2.38. The van der Waals surface area contributed by atoms with E-state index < -0.39 is 0 Å². The molecule has 162 valence electrons. The van der Waals surface area contributed by atoms with Gasteiger partial charge < -0.3 is 0 Å². The van der Waals surface area contributed by atoms with Crippen LogP contribution in [0.1, 0.15) is 142 Å². The highest BCUT2D eigenvalue weighted by molar-refractivity contribution is 5.03. The smallest absolute Gasteiger partial charge is 0.0269 e. The van der Waals surface area contributed by atoms with Crippen molar-refractivity contribution in [1.82, 2.24) is 0 Å². The van der Waals surface area contributed by atoms with Gasteiger partial charge >= 0.3 is 0 Å². The van der Waals surface area contributed by atoms with E-state index in [2.05, 4.69) is 13.8 Å². The molecule has 2 bridgehead atoms. The summed E-state index contributed by atoms with van der Waals surface area (Å²) in [5.41, 5.74) is 1.60. The quantitative estimate of drug-likeness (QED) is 0.390. The second kappa shape index (κ2) is 9.43. The monoisotopic (exact) mass is 386 g/mol. The van der Waals surface area contributed by atoms with Gasteiger partial charge in [-0.1, -0.05) is 58.8 Å². The summed E-state index contributed by atoms with van der Waals surface area (Å²) in [5, 5.41) is 0. The van der Waals surface area contributed by atoms with Crippen molar-refractivity contribution < 1.29 is 0 Å². The van der Waals surface area contributed by atoms with E-state index in [0.717, 1.165) is 34.5 Å². The summed E-state index contributed by atoms with van der Waals surface area (Å²) in [7, 11) is 0. The predicted molar refractivity (Wildman–Crippen MR) is 123 cm³/mol. The Hall–Kier alpha value is 0. The van der Waals surface area contributed by atoms with E-state index in [1.165, 1.54) is 32.1 Å². The lowest BCUT2D eigenvalue weighted by Gasteiger charge is -2.58. The van der Waals surface area contributed by atoms with Crippen LogP contribution in [0.25, 0.3) is 0 Å². The summed E-state index contributed by atoms with van der Waals surface area (Å²) < 4.78 is 0. The fourth-order valence-corrected chi connectivity index (χ4v) is 8.48. The molecule has 0 radical (unpaired) electrons. The van der Waals surface area contributed by atoms with Gasteiger partial charge in [-0.3, -0.25) is 0 Å². The first-order valence-electron chi connectivity index (χ1n) is 13.7. The molecule has 5 aliphatic rings. The van der Waals surface area contributed by atoms with Crippen LogP contribution in [0.4, 0.5) is 0 Å². The van der Waals surface area contributed by atoms with Gasteiger partial charge in [0.25, 0.3) is 0 Å². The van der Waals surface area contributed by atoms with E-state index in [-0.39, 0.29) is 0 Å². The van der Waals surface area contributed by atoms with E-state index >= 15 is 0 Å². The van der Waals surface area contributed by atoms with Crippen molar-refractivity contribution in [3.8, 4) is 0 Å². The lowest BCUT2D eigenvalue weighted by atomic mass is 9.47. The number of hydrogen-bond acceptors (Lipinski definition) is 0. The summed E-state index contributed by atoms with van der Waals surface area (Å²) in [6, 6.07) is 0. The molecule has 0 aliphatic heterocycles. The van der Waals surface area contributed by atoms with Gasteiger partial charge in [-0.25, -0.2) is 0 Å². The zero-order chi connectivity index (χ0) is 19.5. The van der Waals surface area contributed by atoms with Crippen LogP contribution >= 0.6 is 0 Å². The standard InChI is InChI=1S/C28H50/c1-3-5-7-23-8-10-24(11-9-23)25-12-14-26(15-13-25)28-20-17-27(18-21-28,19-22-28)16-6-4-2/h23-26H,3-22H2,1-2H3/t23-,24-,25?,26?,27?,28?. The van der Waals surface area contributed by atoms with Crippen molar-refractivity contribution in [2.24, 2.45) is 34.5 Å². The molecule has 0 saturated heterocycles. The molecule has 0 amide bonds. The first-order valence-corrected chi connectivity index (χ1v) is 13.7. The van der Waals surface area contributed by atoms with Gasteiger partial charge in [0.15, 0.2) is 0 Å². The Morgan fingerprint density at radius 3 is 1.68 bits per heavy atom. The number of unbranched alkanes of at least 4 members (excludes halogenated alkanes) is 2. The maximum absolute atomic E-state index is 2.38. The third-order valence-corrected chi connectivity index (χ3v) is 10.7. The Morgan fingerprint density at radius 1 is 0.607 bits per heavy atom. The van der Waals surface area contributed by atoms with Gasteiger partial charge in [0.2, 0.25) is 0 Å². The zero-order valence-electron chi connectivity index (χ0n) is 19.5. The van der Waals surface area contributed by atoms with Gasteiger partial charge in [-0.15, -0.1) is 0 Å². The average molecular weight is 387 g/mol. The molecule has 0 N–H and O–H groups in total. The van der Waals surface area contributed by atoms with Crippen molar-refractivity contribution in [3.63, 3.8) is 0 Å². The molecule has 0 heterocycles. The molecule has 5 aliphatic carbocycles. The van der Waals surface area contributed by atoms with Crippen molar-refractivity contribution in [2.45, 2.75) is 142 Å². The lowest BCUT2D eigenvalue weighted by molar-refractivity contribution is -0.0678. The molecule has 5 rings (SSSR count). The second-order valence-corrected chi connectivity index (χ2v) is 12.0. The van der Waals surface area contributed by atoms with Crippen molar-refractivity contribution in [2.75, 3.05) is 0 Å². The molecule has 0 heteroatoms. The molecule has 0 aromatic heterocycles. The summed E-state index contributed by atoms with van der Waals surface area (Å²) in [6.45, 7) is 4.73. The second-order valence-electron chi connectivity index (χ2n) is 12.0.